The van der Waals surface area contributed by atoms with E-state index in [1.165, 1.54) is 51.6 Å². The fourth-order valence-electron chi connectivity index (χ4n) is 3.76. The summed E-state index contributed by atoms with van der Waals surface area (Å²) in [6.45, 7) is 5.87. The van der Waals surface area contributed by atoms with Gasteiger partial charge in [-0.1, -0.05) is 19.8 Å². The normalized spacial score (nSPS) is 31.4. The van der Waals surface area contributed by atoms with E-state index in [1.54, 1.807) is 0 Å². The van der Waals surface area contributed by atoms with Crippen molar-refractivity contribution in [3.05, 3.63) is 0 Å². The number of hydrogen-bond acceptors (Lipinski definition) is 3. The summed E-state index contributed by atoms with van der Waals surface area (Å²) >= 11 is 0. The maximum absolute atomic E-state index is 9.48. The average Bonchev–Trinajstić information content (AvgIpc) is 2.80. The highest BCUT2D eigenvalue weighted by Crippen LogP contribution is 2.37. The van der Waals surface area contributed by atoms with Gasteiger partial charge in [-0.15, -0.1) is 0 Å². The van der Waals surface area contributed by atoms with Crippen molar-refractivity contribution in [2.75, 3.05) is 26.7 Å². The highest BCUT2D eigenvalue weighted by atomic mass is 15.1. The molecule has 0 bridgehead atoms. The van der Waals surface area contributed by atoms with Crippen LogP contribution in [0.4, 0.5) is 0 Å². The summed E-state index contributed by atoms with van der Waals surface area (Å²) in [5.74, 6) is 1.49. The molecule has 3 heteroatoms. The molecule has 0 aromatic carbocycles. The Morgan fingerprint density at radius 1 is 1.32 bits per heavy atom. The van der Waals surface area contributed by atoms with Crippen LogP contribution in [0.2, 0.25) is 0 Å². The third kappa shape index (κ3) is 3.30. The largest absolute Gasteiger partial charge is 0.303 e. The summed E-state index contributed by atoms with van der Waals surface area (Å²) in [6.07, 6.45) is 8.91. The molecule has 2 rings (SSSR count). The quantitative estimate of drug-likeness (QED) is 0.767. The van der Waals surface area contributed by atoms with E-state index in [4.69, 9.17) is 0 Å². The molecule has 0 aromatic heterocycles. The Labute approximate surface area is 118 Å². The first-order chi connectivity index (χ1) is 9.24. The lowest BCUT2D eigenvalue weighted by atomic mass is 9.84. The van der Waals surface area contributed by atoms with Crippen molar-refractivity contribution >= 4 is 0 Å². The van der Waals surface area contributed by atoms with Crippen molar-refractivity contribution in [2.45, 2.75) is 57.4 Å². The van der Waals surface area contributed by atoms with Crippen molar-refractivity contribution in [3.8, 4) is 6.07 Å². The number of rotatable bonds is 7. The Morgan fingerprint density at radius 2 is 2.11 bits per heavy atom. The summed E-state index contributed by atoms with van der Waals surface area (Å²) in [6, 6.07) is 2.55. The van der Waals surface area contributed by atoms with Gasteiger partial charge < -0.3 is 10.2 Å². The van der Waals surface area contributed by atoms with Crippen LogP contribution in [0.3, 0.4) is 0 Å². The summed E-state index contributed by atoms with van der Waals surface area (Å²) in [5, 5.41) is 12.8. The van der Waals surface area contributed by atoms with E-state index in [9.17, 15) is 5.26 Å². The van der Waals surface area contributed by atoms with E-state index < -0.39 is 0 Å². The first-order valence-electron chi connectivity index (χ1n) is 8.06. The Kier molecular flexibility index (Phi) is 5.24. The van der Waals surface area contributed by atoms with Crippen LogP contribution in [0.25, 0.3) is 0 Å². The third-order valence-corrected chi connectivity index (χ3v) is 5.45. The van der Waals surface area contributed by atoms with E-state index in [0.717, 1.165) is 18.9 Å². The molecule has 0 amide bonds. The molecule has 108 valence electrons. The monoisotopic (exact) mass is 263 g/mol. The van der Waals surface area contributed by atoms with Crippen LogP contribution in [0.1, 0.15) is 51.9 Å². The maximum atomic E-state index is 9.48. The molecule has 0 aliphatic heterocycles. The van der Waals surface area contributed by atoms with Crippen molar-refractivity contribution in [3.63, 3.8) is 0 Å². The molecule has 2 aliphatic rings. The molecule has 0 radical (unpaired) electrons. The van der Waals surface area contributed by atoms with Crippen LogP contribution in [0, 0.1) is 23.2 Å². The zero-order valence-electron chi connectivity index (χ0n) is 12.6. The molecule has 0 heterocycles. The van der Waals surface area contributed by atoms with E-state index in [2.05, 4.69) is 23.2 Å². The van der Waals surface area contributed by atoms with Crippen LogP contribution in [0.15, 0.2) is 0 Å². The molecule has 1 N–H and O–H groups in total. The second-order valence-electron chi connectivity index (χ2n) is 6.40. The van der Waals surface area contributed by atoms with Gasteiger partial charge in [0.25, 0.3) is 0 Å². The summed E-state index contributed by atoms with van der Waals surface area (Å²) < 4.78 is 0. The van der Waals surface area contributed by atoms with Crippen molar-refractivity contribution in [2.24, 2.45) is 11.8 Å². The molecule has 0 spiro atoms. The number of nitrogens with zero attached hydrogens (tertiary/aromatic N) is 2. The van der Waals surface area contributed by atoms with Gasteiger partial charge in [-0.05, 0) is 64.1 Å². The van der Waals surface area contributed by atoms with Crippen LogP contribution in [-0.2, 0) is 0 Å². The third-order valence-electron chi connectivity index (χ3n) is 5.45. The van der Waals surface area contributed by atoms with E-state index in [0.29, 0.717) is 5.92 Å². The van der Waals surface area contributed by atoms with Crippen molar-refractivity contribution in [1.29, 1.82) is 5.26 Å². The molecule has 2 saturated carbocycles. The van der Waals surface area contributed by atoms with Crippen LogP contribution in [0.5, 0.6) is 0 Å². The predicted molar refractivity (Wildman–Crippen MR) is 78.8 cm³/mol. The van der Waals surface area contributed by atoms with E-state index >= 15 is 0 Å². The Balaban J connectivity index is 1.81. The van der Waals surface area contributed by atoms with E-state index in [-0.39, 0.29) is 5.54 Å². The van der Waals surface area contributed by atoms with Gasteiger partial charge in [-0.2, -0.15) is 5.26 Å². The number of nitriles is 1. The molecule has 2 fully saturated rings. The highest BCUT2D eigenvalue weighted by Gasteiger charge is 2.41. The molecular formula is C16H29N3. The Bertz CT molecular complexity index is 318. The molecule has 2 unspecified atom stereocenters. The molecule has 2 aliphatic carbocycles. The minimum absolute atomic E-state index is 0.240. The Hall–Kier alpha value is -0.590. The number of nitrogens with one attached hydrogen (secondary N) is 1. The lowest BCUT2D eigenvalue weighted by Crippen LogP contribution is -2.46. The standard InChI is InChI=1S/C16H29N3/c1-3-19(12-14-6-4-7-14)11-9-15-8-5-10-16(15,13-17)18-2/h14-15,18H,3-12H2,1-2H3. The summed E-state index contributed by atoms with van der Waals surface area (Å²) in [4.78, 5) is 2.60. The average molecular weight is 263 g/mol. The second kappa shape index (κ2) is 6.72. The molecular weight excluding hydrogens is 234 g/mol. The van der Waals surface area contributed by atoms with Gasteiger partial charge in [0.1, 0.15) is 5.54 Å². The first kappa shape index (κ1) is 14.8. The SMILES string of the molecule is CCN(CCC1CCCC1(C#N)NC)CC1CCC1. The van der Waals surface area contributed by atoms with Crippen molar-refractivity contribution in [1.82, 2.24) is 10.2 Å². The van der Waals surface area contributed by atoms with Gasteiger partial charge in [0.2, 0.25) is 0 Å². The fraction of sp³-hybridized carbons (Fsp3) is 0.938. The van der Waals surface area contributed by atoms with Gasteiger partial charge in [0, 0.05) is 6.54 Å². The lowest BCUT2D eigenvalue weighted by Gasteiger charge is -2.34. The van der Waals surface area contributed by atoms with Gasteiger partial charge in [-0.25, -0.2) is 0 Å². The number of hydrogen-bond donors (Lipinski definition) is 1. The molecule has 0 saturated heterocycles. The van der Waals surface area contributed by atoms with Crippen LogP contribution >= 0.6 is 0 Å². The fourth-order valence-corrected chi connectivity index (χ4v) is 3.76. The molecule has 19 heavy (non-hydrogen) atoms. The summed E-state index contributed by atoms with van der Waals surface area (Å²) in [5.41, 5.74) is -0.240. The molecule has 0 aromatic rings. The predicted octanol–water partition coefficient (Wildman–Crippen LogP) is 2.78. The minimum atomic E-state index is -0.240. The zero-order valence-corrected chi connectivity index (χ0v) is 12.6. The van der Waals surface area contributed by atoms with Gasteiger partial charge in [0.15, 0.2) is 0 Å². The van der Waals surface area contributed by atoms with Crippen LogP contribution < -0.4 is 5.32 Å². The van der Waals surface area contributed by atoms with Gasteiger partial charge >= 0.3 is 0 Å². The summed E-state index contributed by atoms with van der Waals surface area (Å²) in [7, 11) is 1.95. The molecule has 2 atom stereocenters. The van der Waals surface area contributed by atoms with Crippen molar-refractivity contribution < 1.29 is 0 Å². The minimum Gasteiger partial charge on any atom is -0.303 e. The van der Waals surface area contributed by atoms with Crippen LogP contribution in [-0.4, -0.2) is 37.1 Å². The van der Waals surface area contributed by atoms with E-state index in [1.807, 2.05) is 7.05 Å². The highest BCUT2D eigenvalue weighted by molar-refractivity contribution is 5.13. The lowest BCUT2D eigenvalue weighted by molar-refractivity contribution is 0.168. The second-order valence-corrected chi connectivity index (χ2v) is 6.40. The Morgan fingerprint density at radius 3 is 2.63 bits per heavy atom. The first-order valence-corrected chi connectivity index (χ1v) is 8.06. The molecule has 3 nitrogen and oxygen atoms in total. The van der Waals surface area contributed by atoms with Gasteiger partial charge in [-0.3, -0.25) is 0 Å². The maximum Gasteiger partial charge on any atom is 0.109 e. The zero-order chi connectivity index (χ0) is 13.7. The topological polar surface area (TPSA) is 39.1 Å². The smallest absolute Gasteiger partial charge is 0.109 e. The van der Waals surface area contributed by atoms with Gasteiger partial charge in [0.05, 0.1) is 6.07 Å².